The van der Waals surface area contributed by atoms with Gasteiger partial charge in [0.05, 0.1) is 17.3 Å². The van der Waals surface area contributed by atoms with Gasteiger partial charge in [-0.15, -0.1) is 0 Å². The topological polar surface area (TPSA) is 84.5 Å². The summed E-state index contributed by atoms with van der Waals surface area (Å²) >= 11 is 6.16. The molecule has 0 aliphatic rings. The van der Waals surface area contributed by atoms with Gasteiger partial charge in [-0.3, -0.25) is 9.52 Å². The van der Waals surface area contributed by atoms with Crippen molar-refractivity contribution in [3.05, 3.63) is 101 Å². The van der Waals surface area contributed by atoms with Gasteiger partial charge < -0.3 is 10.1 Å². The maximum Gasteiger partial charge on any atom is 0.263 e. The van der Waals surface area contributed by atoms with Crippen LogP contribution < -0.4 is 14.8 Å². The minimum Gasteiger partial charge on any atom is -0.491 e. The highest BCUT2D eigenvalue weighted by atomic mass is 35.5. The summed E-state index contributed by atoms with van der Waals surface area (Å²) in [7, 11) is -3.99. The lowest BCUT2D eigenvalue weighted by atomic mass is 10.1. The van der Waals surface area contributed by atoms with Gasteiger partial charge in [-0.1, -0.05) is 66.2 Å². The Morgan fingerprint density at radius 3 is 2.50 bits per heavy atom. The molecular weight excluding hydrogens is 472 g/mol. The first-order valence-electron chi connectivity index (χ1n) is 10.6. The van der Waals surface area contributed by atoms with Crippen molar-refractivity contribution >= 4 is 44.0 Å². The number of ether oxygens (including phenoxy) is 1. The lowest BCUT2D eigenvalue weighted by Crippen LogP contribution is -2.28. The molecule has 0 aromatic heterocycles. The van der Waals surface area contributed by atoms with Crippen LogP contribution in [0.2, 0.25) is 5.02 Å². The molecule has 34 heavy (non-hydrogen) atoms. The van der Waals surface area contributed by atoms with E-state index in [1.165, 1.54) is 18.2 Å². The lowest BCUT2D eigenvalue weighted by Gasteiger charge is -2.13. The first kappa shape index (κ1) is 23.6. The first-order chi connectivity index (χ1) is 16.3. The summed E-state index contributed by atoms with van der Waals surface area (Å²) in [5.74, 6) is 0.306. The second kappa shape index (κ2) is 10.2. The molecule has 8 heteroatoms. The van der Waals surface area contributed by atoms with E-state index in [1.807, 2.05) is 48.5 Å². The number of sulfonamides is 1. The minimum atomic E-state index is -3.99. The fraction of sp³-hybridized carbons (Fsp3) is 0.115. The molecule has 0 unspecified atom stereocenters. The molecule has 0 aliphatic carbocycles. The summed E-state index contributed by atoms with van der Waals surface area (Å²) in [6.07, 6.45) is 0. The van der Waals surface area contributed by atoms with Crippen LogP contribution in [0, 0.1) is 6.92 Å². The number of hydrogen-bond donors (Lipinski definition) is 2. The van der Waals surface area contributed by atoms with Gasteiger partial charge >= 0.3 is 0 Å². The number of benzene rings is 4. The van der Waals surface area contributed by atoms with Crippen molar-refractivity contribution in [2.24, 2.45) is 0 Å². The van der Waals surface area contributed by atoms with Crippen molar-refractivity contribution in [1.29, 1.82) is 0 Å². The van der Waals surface area contributed by atoms with Gasteiger partial charge in [0, 0.05) is 10.9 Å². The molecule has 0 spiro atoms. The molecule has 0 bridgehead atoms. The SMILES string of the molecule is Cc1ccccc1NS(=O)(=O)c1cc(C(=O)NCCOc2cccc3ccccc23)ccc1Cl. The van der Waals surface area contributed by atoms with E-state index in [0.717, 1.165) is 22.1 Å². The molecule has 174 valence electrons. The zero-order valence-corrected chi connectivity index (χ0v) is 20.0. The summed E-state index contributed by atoms with van der Waals surface area (Å²) in [6.45, 7) is 2.30. The van der Waals surface area contributed by atoms with Gasteiger partial charge in [-0.05, 0) is 48.2 Å². The van der Waals surface area contributed by atoms with Crippen molar-refractivity contribution in [1.82, 2.24) is 5.32 Å². The van der Waals surface area contributed by atoms with E-state index in [-0.39, 0.29) is 28.6 Å². The average Bonchev–Trinajstić information content (AvgIpc) is 2.83. The summed E-state index contributed by atoms with van der Waals surface area (Å²) in [6, 6.07) is 24.8. The molecule has 4 rings (SSSR count). The third-order valence-electron chi connectivity index (χ3n) is 5.27. The highest BCUT2D eigenvalue weighted by molar-refractivity contribution is 7.92. The number of amides is 1. The summed E-state index contributed by atoms with van der Waals surface area (Å²) in [5, 5.41) is 4.84. The van der Waals surface area contributed by atoms with Crippen molar-refractivity contribution in [3.8, 4) is 5.75 Å². The number of carbonyl (C=O) groups is 1. The van der Waals surface area contributed by atoms with Crippen LogP contribution in [-0.4, -0.2) is 27.5 Å². The number of para-hydroxylation sites is 1. The van der Waals surface area contributed by atoms with Crippen molar-refractivity contribution in [3.63, 3.8) is 0 Å². The van der Waals surface area contributed by atoms with E-state index in [2.05, 4.69) is 10.0 Å². The molecule has 0 aliphatic heterocycles. The minimum absolute atomic E-state index is 0.0249. The lowest BCUT2D eigenvalue weighted by molar-refractivity contribution is 0.0947. The Balaban J connectivity index is 1.42. The standard InChI is InChI=1S/C26H23ClN2O4S/c1-18-7-2-5-11-23(18)29-34(31,32)25-17-20(13-14-22(25)27)26(30)28-15-16-33-24-12-6-9-19-8-3-4-10-21(19)24/h2-14,17,29H,15-16H2,1H3,(H,28,30). The molecule has 2 N–H and O–H groups in total. The number of fused-ring (bicyclic) bond motifs is 1. The van der Waals surface area contributed by atoms with E-state index in [4.69, 9.17) is 16.3 Å². The Bertz CT molecular complexity index is 1450. The van der Waals surface area contributed by atoms with Gasteiger partial charge in [-0.2, -0.15) is 0 Å². The van der Waals surface area contributed by atoms with E-state index < -0.39 is 15.9 Å². The summed E-state index contributed by atoms with van der Waals surface area (Å²) in [5.41, 5.74) is 1.39. The predicted molar refractivity (Wildman–Crippen MR) is 135 cm³/mol. The van der Waals surface area contributed by atoms with E-state index in [9.17, 15) is 13.2 Å². The highest BCUT2D eigenvalue weighted by Crippen LogP contribution is 2.27. The van der Waals surface area contributed by atoms with Crippen LogP contribution in [0.15, 0.2) is 89.8 Å². The number of nitrogens with one attached hydrogen (secondary N) is 2. The Labute approximate surface area is 203 Å². The highest BCUT2D eigenvalue weighted by Gasteiger charge is 2.21. The molecule has 0 saturated heterocycles. The zero-order valence-electron chi connectivity index (χ0n) is 18.4. The smallest absolute Gasteiger partial charge is 0.263 e. The first-order valence-corrected chi connectivity index (χ1v) is 12.5. The Morgan fingerprint density at radius 2 is 1.68 bits per heavy atom. The fourth-order valence-corrected chi connectivity index (χ4v) is 5.14. The summed E-state index contributed by atoms with van der Waals surface area (Å²) in [4.78, 5) is 12.5. The van der Waals surface area contributed by atoms with Gasteiger partial charge in [0.2, 0.25) is 0 Å². The van der Waals surface area contributed by atoms with Crippen LogP contribution in [0.5, 0.6) is 5.75 Å². The quantitative estimate of drug-likeness (QED) is 0.321. The Hall–Kier alpha value is -3.55. The maximum absolute atomic E-state index is 12.9. The number of hydrogen-bond acceptors (Lipinski definition) is 4. The van der Waals surface area contributed by atoms with E-state index >= 15 is 0 Å². The number of aryl methyl sites for hydroxylation is 1. The molecule has 6 nitrogen and oxygen atoms in total. The Kier molecular flexibility index (Phi) is 7.05. The van der Waals surface area contributed by atoms with Crippen LogP contribution >= 0.6 is 11.6 Å². The third kappa shape index (κ3) is 5.32. The van der Waals surface area contributed by atoms with Gasteiger partial charge in [0.1, 0.15) is 17.3 Å². The molecular formula is C26H23ClN2O4S. The molecule has 1 amide bonds. The second-order valence-corrected chi connectivity index (χ2v) is 9.71. The summed E-state index contributed by atoms with van der Waals surface area (Å²) < 4.78 is 34.2. The number of rotatable bonds is 8. The van der Waals surface area contributed by atoms with E-state index in [1.54, 1.807) is 25.1 Å². The molecule has 0 fully saturated rings. The number of anilines is 1. The van der Waals surface area contributed by atoms with E-state index in [0.29, 0.717) is 5.69 Å². The third-order valence-corrected chi connectivity index (χ3v) is 7.11. The largest absolute Gasteiger partial charge is 0.491 e. The van der Waals surface area contributed by atoms with Gasteiger partial charge in [0.15, 0.2) is 0 Å². The number of halogens is 1. The monoisotopic (exact) mass is 494 g/mol. The predicted octanol–water partition coefficient (Wildman–Crippen LogP) is 5.41. The van der Waals surface area contributed by atoms with Crippen LogP contribution in [0.3, 0.4) is 0 Å². The zero-order chi connectivity index (χ0) is 24.1. The van der Waals surface area contributed by atoms with Crippen molar-refractivity contribution < 1.29 is 17.9 Å². The molecule has 0 radical (unpaired) electrons. The Morgan fingerprint density at radius 1 is 0.941 bits per heavy atom. The van der Waals surface area contributed by atoms with Crippen LogP contribution in [0.4, 0.5) is 5.69 Å². The number of carbonyl (C=O) groups excluding carboxylic acids is 1. The van der Waals surface area contributed by atoms with Crippen LogP contribution in [0.1, 0.15) is 15.9 Å². The van der Waals surface area contributed by atoms with Crippen molar-refractivity contribution in [2.45, 2.75) is 11.8 Å². The average molecular weight is 495 g/mol. The van der Waals surface area contributed by atoms with Crippen molar-refractivity contribution in [2.75, 3.05) is 17.9 Å². The van der Waals surface area contributed by atoms with Gasteiger partial charge in [0.25, 0.3) is 15.9 Å². The van der Waals surface area contributed by atoms with Crippen LogP contribution in [0.25, 0.3) is 10.8 Å². The molecule has 0 saturated carbocycles. The maximum atomic E-state index is 12.9. The second-order valence-electron chi connectivity index (χ2n) is 7.65. The molecule has 4 aromatic rings. The van der Waals surface area contributed by atoms with Gasteiger partial charge in [-0.25, -0.2) is 8.42 Å². The fourth-order valence-electron chi connectivity index (χ4n) is 3.49. The molecule has 4 aromatic carbocycles. The molecule has 0 heterocycles. The molecule has 0 atom stereocenters. The normalized spacial score (nSPS) is 11.2. The van der Waals surface area contributed by atoms with Crippen LogP contribution in [-0.2, 0) is 10.0 Å².